The third-order valence-corrected chi connectivity index (χ3v) is 3.05. The molecular weight excluding hydrogens is 262 g/mol. The largest absolute Gasteiger partial charge is 0.371 e. The van der Waals surface area contributed by atoms with Crippen molar-refractivity contribution in [2.45, 2.75) is 12.8 Å². The molecule has 2 rings (SSSR count). The zero-order valence-corrected chi connectivity index (χ0v) is 10.8. The fourth-order valence-corrected chi connectivity index (χ4v) is 2.17. The summed E-state index contributed by atoms with van der Waals surface area (Å²) in [7, 11) is 0. The molecule has 0 saturated carbocycles. The summed E-state index contributed by atoms with van der Waals surface area (Å²) in [6.07, 6.45) is 3.55. The number of nitro groups is 1. The first-order chi connectivity index (χ1) is 9.58. The number of benzene rings is 1. The van der Waals surface area contributed by atoms with E-state index in [9.17, 15) is 14.9 Å². The Labute approximate surface area is 115 Å². The fraction of sp³-hybridized carbons (Fsp3) is 0.333. The molecule has 106 valence electrons. The van der Waals surface area contributed by atoms with E-state index >= 15 is 0 Å². The number of rotatable bonds is 4. The molecule has 0 unspecified atom stereocenters. The second-order valence-corrected chi connectivity index (χ2v) is 4.43. The van der Waals surface area contributed by atoms with Gasteiger partial charge in [-0.05, 0) is 18.9 Å². The van der Waals surface area contributed by atoms with Crippen molar-refractivity contribution in [3.05, 3.63) is 33.9 Å². The maximum Gasteiger partial charge on any atom is 0.332 e. The topological polar surface area (TPSA) is 114 Å². The Bertz CT molecular complexity index is 552. The van der Waals surface area contributed by atoms with Crippen molar-refractivity contribution in [2.24, 2.45) is 10.8 Å². The molecule has 1 aliphatic heterocycles. The van der Waals surface area contributed by atoms with Crippen LogP contribution in [-0.4, -0.2) is 30.3 Å². The molecule has 1 fully saturated rings. The predicted molar refractivity (Wildman–Crippen MR) is 74.9 cm³/mol. The van der Waals surface area contributed by atoms with Crippen molar-refractivity contribution < 1.29 is 9.72 Å². The van der Waals surface area contributed by atoms with E-state index in [0.717, 1.165) is 31.6 Å². The summed E-state index contributed by atoms with van der Waals surface area (Å²) in [6.45, 7) is 1.81. The van der Waals surface area contributed by atoms with Gasteiger partial charge in [0.2, 0.25) is 0 Å². The van der Waals surface area contributed by atoms with Crippen LogP contribution in [0.1, 0.15) is 18.4 Å². The molecule has 0 spiro atoms. The number of nitro benzene ring substituents is 1. The van der Waals surface area contributed by atoms with E-state index in [-0.39, 0.29) is 5.69 Å². The minimum atomic E-state index is -0.783. The molecule has 0 radical (unpaired) electrons. The molecule has 0 aliphatic carbocycles. The molecule has 1 aliphatic rings. The number of hydrogen-bond acceptors (Lipinski definition) is 5. The van der Waals surface area contributed by atoms with Crippen LogP contribution in [0.3, 0.4) is 0 Å². The number of hydrazone groups is 1. The lowest BCUT2D eigenvalue weighted by Gasteiger charge is -2.19. The maximum atomic E-state index is 10.8. The van der Waals surface area contributed by atoms with Crippen LogP contribution in [-0.2, 0) is 0 Å². The molecule has 1 aromatic carbocycles. The van der Waals surface area contributed by atoms with Gasteiger partial charge in [0.25, 0.3) is 5.69 Å². The van der Waals surface area contributed by atoms with Crippen molar-refractivity contribution >= 4 is 23.6 Å². The van der Waals surface area contributed by atoms with Crippen molar-refractivity contribution in [2.75, 3.05) is 18.0 Å². The van der Waals surface area contributed by atoms with E-state index in [4.69, 9.17) is 5.73 Å². The summed E-state index contributed by atoms with van der Waals surface area (Å²) in [5, 5.41) is 14.5. The number of nitrogens with zero attached hydrogens (tertiary/aromatic N) is 3. The highest BCUT2D eigenvalue weighted by atomic mass is 16.6. The number of nitrogens with two attached hydrogens (primary N) is 1. The van der Waals surface area contributed by atoms with Crippen LogP contribution in [0.15, 0.2) is 23.3 Å². The summed E-state index contributed by atoms with van der Waals surface area (Å²) in [5.74, 6) is 0. The van der Waals surface area contributed by atoms with Crippen LogP contribution in [0.2, 0.25) is 0 Å². The Morgan fingerprint density at radius 3 is 2.75 bits per heavy atom. The fourth-order valence-electron chi connectivity index (χ4n) is 2.17. The van der Waals surface area contributed by atoms with Crippen LogP contribution < -0.4 is 16.1 Å². The molecule has 8 heteroatoms. The predicted octanol–water partition coefficient (Wildman–Crippen LogP) is 1.20. The number of anilines is 1. The lowest BCUT2D eigenvalue weighted by molar-refractivity contribution is -0.384. The average Bonchev–Trinajstić information content (AvgIpc) is 2.91. The second kappa shape index (κ2) is 6.00. The summed E-state index contributed by atoms with van der Waals surface area (Å²) >= 11 is 0. The number of carbonyl (C=O) groups excluding carboxylic acids is 1. The monoisotopic (exact) mass is 277 g/mol. The zero-order valence-electron chi connectivity index (χ0n) is 10.8. The minimum absolute atomic E-state index is 0.0199. The van der Waals surface area contributed by atoms with E-state index in [1.165, 1.54) is 18.3 Å². The van der Waals surface area contributed by atoms with Crippen molar-refractivity contribution in [1.82, 2.24) is 5.43 Å². The van der Waals surface area contributed by atoms with Crippen molar-refractivity contribution in [3.8, 4) is 0 Å². The molecule has 0 atom stereocenters. The Morgan fingerprint density at radius 2 is 2.15 bits per heavy atom. The van der Waals surface area contributed by atoms with Gasteiger partial charge in [-0.15, -0.1) is 0 Å². The Morgan fingerprint density at radius 1 is 1.45 bits per heavy atom. The standard InChI is InChI=1S/C12H15N5O3/c13-12(18)15-14-8-9-7-10(17(19)20)3-4-11(9)16-5-1-2-6-16/h3-4,7-8H,1-2,5-6H2,(H3,13,15,18)/b14-8+. The van der Waals surface area contributed by atoms with Gasteiger partial charge in [0.1, 0.15) is 0 Å². The Balaban J connectivity index is 2.31. The first-order valence-electron chi connectivity index (χ1n) is 6.20. The third kappa shape index (κ3) is 3.22. The molecule has 1 heterocycles. The number of primary amides is 1. The molecule has 1 aromatic rings. The van der Waals surface area contributed by atoms with Gasteiger partial charge in [-0.25, -0.2) is 10.2 Å². The smallest absolute Gasteiger partial charge is 0.332 e. The first-order valence-corrected chi connectivity index (χ1v) is 6.20. The van der Waals surface area contributed by atoms with Crippen molar-refractivity contribution in [1.29, 1.82) is 0 Å². The van der Waals surface area contributed by atoms with E-state index in [1.54, 1.807) is 6.07 Å². The number of non-ortho nitro benzene ring substituents is 1. The van der Waals surface area contributed by atoms with Gasteiger partial charge >= 0.3 is 6.03 Å². The highest BCUT2D eigenvalue weighted by molar-refractivity contribution is 5.90. The lowest BCUT2D eigenvalue weighted by atomic mass is 10.1. The second-order valence-electron chi connectivity index (χ2n) is 4.43. The third-order valence-electron chi connectivity index (χ3n) is 3.05. The van der Waals surface area contributed by atoms with Crippen molar-refractivity contribution in [3.63, 3.8) is 0 Å². The van der Waals surface area contributed by atoms with Crippen LogP contribution in [0, 0.1) is 10.1 Å². The summed E-state index contributed by atoms with van der Waals surface area (Å²) in [6, 6.07) is 3.82. The van der Waals surface area contributed by atoms with Gasteiger partial charge in [0.15, 0.2) is 0 Å². The Kier molecular flexibility index (Phi) is 4.14. The molecule has 0 aromatic heterocycles. The van der Waals surface area contributed by atoms with E-state index < -0.39 is 11.0 Å². The number of urea groups is 1. The summed E-state index contributed by atoms with van der Waals surface area (Å²) < 4.78 is 0. The van der Waals surface area contributed by atoms with E-state index in [2.05, 4.69) is 15.4 Å². The van der Waals surface area contributed by atoms with Gasteiger partial charge in [0.05, 0.1) is 11.1 Å². The van der Waals surface area contributed by atoms with Gasteiger partial charge < -0.3 is 10.6 Å². The average molecular weight is 277 g/mol. The summed E-state index contributed by atoms with van der Waals surface area (Å²) in [4.78, 5) is 23.1. The highest BCUT2D eigenvalue weighted by Gasteiger charge is 2.17. The minimum Gasteiger partial charge on any atom is -0.371 e. The quantitative estimate of drug-likeness (QED) is 0.489. The molecular formula is C12H15N5O3. The molecule has 20 heavy (non-hydrogen) atoms. The normalized spacial score (nSPS) is 14.7. The van der Waals surface area contributed by atoms with Gasteiger partial charge in [0, 0.05) is 36.5 Å². The highest BCUT2D eigenvalue weighted by Crippen LogP contribution is 2.27. The Hall–Kier alpha value is -2.64. The number of carbonyl (C=O) groups is 1. The van der Waals surface area contributed by atoms with Gasteiger partial charge in [-0.3, -0.25) is 10.1 Å². The van der Waals surface area contributed by atoms with Crippen LogP contribution in [0.4, 0.5) is 16.2 Å². The first kappa shape index (κ1) is 13.8. The molecule has 0 bridgehead atoms. The molecule has 2 amide bonds. The number of nitrogens with one attached hydrogen (secondary N) is 1. The molecule has 1 saturated heterocycles. The summed E-state index contributed by atoms with van der Waals surface area (Å²) in [5.41, 5.74) is 8.42. The number of hydrogen-bond donors (Lipinski definition) is 2. The lowest BCUT2D eigenvalue weighted by Crippen LogP contribution is -2.24. The zero-order chi connectivity index (χ0) is 14.5. The molecule has 8 nitrogen and oxygen atoms in total. The SMILES string of the molecule is NC(=O)N/N=C/c1cc([N+](=O)[O-])ccc1N1CCCC1. The van der Waals surface area contributed by atoms with Crippen LogP contribution in [0.25, 0.3) is 0 Å². The van der Waals surface area contributed by atoms with Crippen LogP contribution in [0.5, 0.6) is 0 Å². The van der Waals surface area contributed by atoms with E-state index in [1.807, 2.05) is 0 Å². The number of amides is 2. The van der Waals surface area contributed by atoms with E-state index in [0.29, 0.717) is 5.56 Å². The van der Waals surface area contributed by atoms with Gasteiger partial charge in [-0.1, -0.05) is 0 Å². The maximum absolute atomic E-state index is 10.8. The molecule has 3 N–H and O–H groups in total. The van der Waals surface area contributed by atoms with Gasteiger partial charge in [-0.2, -0.15) is 5.10 Å². The van der Waals surface area contributed by atoms with Crippen LogP contribution >= 0.6 is 0 Å².